The van der Waals surface area contributed by atoms with Gasteiger partial charge in [0.05, 0.1) is 25.3 Å². The second-order valence-corrected chi connectivity index (χ2v) is 6.24. The van der Waals surface area contributed by atoms with Crippen molar-refractivity contribution in [3.05, 3.63) is 40.3 Å². The molecule has 0 unspecified atom stereocenters. The number of hydrogen-bond donors (Lipinski definition) is 1. The van der Waals surface area contributed by atoms with Crippen molar-refractivity contribution in [2.75, 3.05) is 12.4 Å². The van der Waals surface area contributed by atoms with Gasteiger partial charge >= 0.3 is 6.03 Å². The van der Waals surface area contributed by atoms with Crippen LogP contribution in [-0.4, -0.2) is 35.0 Å². The smallest absolute Gasteiger partial charge is 0.322 e. The first-order chi connectivity index (χ1) is 11.4. The third-order valence-corrected chi connectivity index (χ3v) is 4.13. The third kappa shape index (κ3) is 4.45. The summed E-state index contributed by atoms with van der Waals surface area (Å²) >= 11 is 1.18. The molecule has 0 spiro atoms. The lowest BCUT2D eigenvalue weighted by molar-refractivity contribution is -0.255. The van der Waals surface area contributed by atoms with Crippen molar-refractivity contribution in [2.24, 2.45) is 0 Å². The van der Waals surface area contributed by atoms with Gasteiger partial charge in [-0.25, -0.2) is 9.78 Å². The zero-order valence-electron chi connectivity index (χ0n) is 13.6. The van der Waals surface area contributed by atoms with Crippen molar-refractivity contribution in [2.45, 2.75) is 26.4 Å². The van der Waals surface area contributed by atoms with Gasteiger partial charge < -0.3 is 24.9 Å². The van der Waals surface area contributed by atoms with Gasteiger partial charge in [-0.1, -0.05) is 0 Å². The number of carboxylic acids is 1. The number of nitrogens with zero attached hydrogens (tertiary/aromatic N) is 2. The van der Waals surface area contributed by atoms with Crippen LogP contribution in [0.5, 0.6) is 5.75 Å². The number of methoxy groups -OCH3 is 1. The van der Waals surface area contributed by atoms with Crippen molar-refractivity contribution in [1.82, 2.24) is 9.88 Å². The Bertz CT molecular complexity index is 712. The lowest BCUT2D eigenvalue weighted by Gasteiger charge is -2.26. The molecular weight excluding hydrogens is 330 g/mol. The van der Waals surface area contributed by atoms with Crippen molar-refractivity contribution in [3.8, 4) is 5.75 Å². The van der Waals surface area contributed by atoms with Crippen LogP contribution in [-0.2, 0) is 6.54 Å². The summed E-state index contributed by atoms with van der Waals surface area (Å²) in [6.07, 6.45) is 0. The van der Waals surface area contributed by atoms with Crippen molar-refractivity contribution in [1.29, 1.82) is 0 Å². The maximum atomic E-state index is 12.5. The Morgan fingerprint density at radius 1 is 1.33 bits per heavy atom. The number of aromatic carboxylic acids is 1. The first-order valence-electron chi connectivity index (χ1n) is 7.28. The van der Waals surface area contributed by atoms with Gasteiger partial charge in [-0.15, -0.1) is 11.3 Å². The van der Waals surface area contributed by atoms with Gasteiger partial charge in [-0.3, -0.25) is 0 Å². The minimum absolute atomic E-state index is 0.0847. The molecule has 0 fully saturated rings. The molecule has 24 heavy (non-hydrogen) atoms. The fourth-order valence-electron chi connectivity index (χ4n) is 1.98. The molecule has 2 aromatic rings. The van der Waals surface area contributed by atoms with Crippen LogP contribution < -0.4 is 15.2 Å². The molecule has 128 valence electrons. The zero-order chi connectivity index (χ0) is 17.7. The predicted molar refractivity (Wildman–Crippen MR) is 89.1 cm³/mol. The van der Waals surface area contributed by atoms with Crippen LogP contribution in [0.4, 0.5) is 10.5 Å². The number of benzene rings is 1. The number of amides is 2. The van der Waals surface area contributed by atoms with Gasteiger partial charge in [0, 0.05) is 17.1 Å². The standard InChI is InChI=1S/C16H19N3O4S/c1-10(2)19(8-14-18-13(9-24-14)15(20)21)16(22)17-11-4-6-12(23-3)7-5-11/h4-7,9-10H,8H2,1-3H3,(H,17,22)(H,20,21)/p-1. The van der Waals surface area contributed by atoms with Gasteiger partial charge in [0.1, 0.15) is 10.8 Å². The molecule has 1 N–H and O–H groups in total. The minimum atomic E-state index is -1.32. The SMILES string of the molecule is COc1ccc(NC(=O)N(Cc2nc(C(=O)[O-])cs2)C(C)C)cc1. The van der Waals surface area contributed by atoms with Crippen molar-refractivity contribution < 1.29 is 19.4 Å². The molecule has 0 aliphatic heterocycles. The molecule has 1 aromatic carbocycles. The summed E-state index contributed by atoms with van der Waals surface area (Å²) in [4.78, 5) is 28.8. The van der Waals surface area contributed by atoms with E-state index in [4.69, 9.17) is 4.74 Å². The number of thiazole rings is 1. The van der Waals surface area contributed by atoms with E-state index in [2.05, 4.69) is 10.3 Å². The van der Waals surface area contributed by atoms with Crippen molar-refractivity contribution >= 4 is 29.0 Å². The molecule has 1 aromatic heterocycles. The number of ether oxygens (including phenoxy) is 1. The van der Waals surface area contributed by atoms with Gasteiger partial charge in [0.2, 0.25) is 0 Å². The summed E-state index contributed by atoms with van der Waals surface area (Å²) in [5.74, 6) is -0.623. The number of urea groups is 1. The van der Waals surface area contributed by atoms with E-state index in [0.717, 1.165) is 0 Å². The third-order valence-electron chi connectivity index (χ3n) is 3.29. The molecule has 0 radical (unpaired) electrons. The maximum Gasteiger partial charge on any atom is 0.322 e. The predicted octanol–water partition coefficient (Wildman–Crippen LogP) is 1.96. The Morgan fingerprint density at radius 3 is 2.50 bits per heavy atom. The largest absolute Gasteiger partial charge is 0.543 e. The summed E-state index contributed by atoms with van der Waals surface area (Å²) in [5.41, 5.74) is 0.523. The van der Waals surface area contributed by atoms with E-state index >= 15 is 0 Å². The highest BCUT2D eigenvalue weighted by atomic mass is 32.1. The number of aromatic nitrogens is 1. The Balaban J connectivity index is 2.07. The zero-order valence-corrected chi connectivity index (χ0v) is 14.4. The first kappa shape index (κ1) is 17.7. The Hall–Kier alpha value is -2.61. The van der Waals surface area contributed by atoms with Crippen molar-refractivity contribution in [3.63, 3.8) is 0 Å². The average Bonchev–Trinajstić information content (AvgIpc) is 3.02. The van der Waals surface area contributed by atoms with E-state index in [-0.39, 0.29) is 24.3 Å². The Morgan fingerprint density at radius 2 is 2.00 bits per heavy atom. The molecule has 0 atom stereocenters. The molecule has 0 aliphatic rings. The van der Waals surface area contributed by atoms with Gasteiger partial charge in [-0.2, -0.15) is 0 Å². The molecule has 8 heteroatoms. The highest BCUT2D eigenvalue weighted by Gasteiger charge is 2.19. The van der Waals surface area contributed by atoms with Crippen LogP contribution in [0.2, 0.25) is 0 Å². The van der Waals surface area contributed by atoms with Crippen LogP contribution in [0.25, 0.3) is 0 Å². The summed E-state index contributed by atoms with van der Waals surface area (Å²) in [5, 5.41) is 15.5. The molecule has 0 bridgehead atoms. The fraction of sp³-hybridized carbons (Fsp3) is 0.312. The number of carbonyl (C=O) groups excluding carboxylic acids is 2. The Kier molecular flexibility index (Phi) is 5.75. The van der Waals surface area contributed by atoms with Crippen LogP contribution in [0, 0.1) is 0 Å². The molecule has 7 nitrogen and oxygen atoms in total. The van der Waals surface area contributed by atoms with Gasteiger partial charge in [0.25, 0.3) is 0 Å². The van der Waals surface area contributed by atoms with E-state index in [1.54, 1.807) is 36.3 Å². The molecule has 0 saturated carbocycles. The quantitative estimate of drug-likeness (QED) is 0.861. The first-order valence-corrected chi connectivity index (χ1v) is 8.16. The second kappa shape index (κ2) is 7.78. The molecule has 1 heterocycles. The van der Waals surface area contributed by atoms with Crippen LogP contribution in [0.15, 0.2) is 29.6 Å². The number of carboxylic acid groups (broad SMARTS) is 1. The topological polar surface area (TPSA) is 94.6 Å². The lowest BCUT2D eigenvalue weighted by atomic mass is 10.3. The average molecular weight is 348 g/mol. The van der Waals surface area contributed by atoms with Crippen LogP contribution in [0.3, 0.4) is 0 Å². The molecular formula is C16H18N3O4S-. The number of carbonyl (C=O) groups is 2. The number of rotatable bonds is 6. The van der Waals surface area contributed by atoms with E-state index in [1.165, 1.54) is 16.7 Å². The highest BCUT2D eigenvalue weighted by Crippen LogP contribution is 2.18. The normalized spacial score (nSPS) is 10.5. The monoisotopic (exact) mass is 348 g/mol. The fourth-order valence-corrected chi connectivity index (χ4v) is 2.74. The lowest BCUT2D eigenvalue weighted by Crippen LogP contribution is -2.39. The van der Waals surface area contributed by atoms with E-state index in [1.807, 2.05) is 13.8 Å². The molecule has 0 saturated heterocycles. The molecule has 0 aliphatic carbocycles. The highest BCUT2D eigenvalue weighted by molar-refractivity contribution is 7.09. The number of anilines is 1. The van der Waals surface area contributed by atoms with E-state index in [9.17, 15) is 14.7 Å². The molecule has 2 rings (SSSR count). The maximum absolute atomic E-state index is 12.5. The molecule has 2 amide bonds. The second-order valence-electron chi connectivity index (χ2n) is 5.29. The van der Waals surface area contributed by atoms with Crippen LogP contribution >= 0.6 is 11.3 Å². The van der Waals surface area contributed by atoms with Gasteiger partial charge in [0.15, 0.2) is 0 Å². The minimum Gasteiger partial charge on any atom is -0.543 e. The number of nitrogens with one attached hydrogen (secondary N) is 1. The summed E-state index contributed by atoms with van der Waals surface area (Å²) in [7, 11) is 1.57. The van der Waals surface area contributed by atoms with Gasteiger partial charge in [-0.05, 0) is 38.1 Å². The number of hydrogen-bond acceptors (Lipinski definition) is 6. The Labute approximate surface area is 143 Å². The summed E-state index contributed by atoms with van der Waals surface area (Å²) < 4.78 is 5.08. The van der Waals surface area contributed by atoms with E-state index < -0.39 is 5.97 Å². The summed E-state index contributed by atoms with van der Waals surface area (Å²) in [6, 6.07) is 6.61. The van der Waals surface area contributed by atoms with Crippen LogP contribution in [0.1, 0.15) is 29.3 Å². The van der Waals surface area contributed by atoms with E-state index in [0.29, 0.717) is 16.4 Å². The summed E-state index contributed by atoms with van der Waals surface area (Å²) in [6.45, 7) is 3.97.